The molecule has 108 valence electrons. The molecule has 3 rings (SSSR count). The molecule has 0 aromatic heterocycles. The topological polar surface area (TPSA) is 60.2 Å². The fourth-order valence-corrected chi connectivity index (χ4v) is 7.92. The second-order valence-electron chi connectivity index (χ2n) is 5.87. The van der Waals surface area contributed by atoms with Crippen molar-refractivity contribution in [1.29, 1.82) is 0 Å². The van der Waals surface area contributed by atoms with E-state index in [2.05, 4.69) is 0 Å². The van der Waals surface area contributed by atoms with E-state index in [9.17, 15) is 13.9 Å². The summed E-state index contributed by atoms with van der Waals surface area (Å²) in [4.78, 5) is 11.0. The average molecular weight is 340 g/mol. The van der Waals surface area contributed by atoms with Crippen molar-refractivity contribution in [2.45, 2.75) is 43.0 Å². The summed E-state index contributed by atoms with van der Waals surface area (Å²) in [5.41, 5.74) is 0. The van der Waals surface area contributed by atoms with E-state index in [0.717, 1.165) is 23.7 Å². The number of nitro groups is 1. The second kappa shape index (κ2) is 5.74. The average Bonchev–Trinajstić information content (AvgIpc) is 2.87. The van der Waals surface area contributed by atoms with Crippen molar-refractivity contribution in [3.05, 3.63) is 40.4 Å². The molecule has 0 N–H and O–H groups in total. The maximum absolute atomic E-state index is 12.9. The van der Waals surface area contributed by atoms with Crippen molar-refractivity contribution in [2.75, 3.05) is 0 Å². The van der Waals surface area contributed by atoms with Crippen LogP contribution in [-0.4, -0.2) is 24.8 Å². The predicted molar refractivity (Wildman–Crippen MR) is 77.1 cm³/mol. The molecule has 2 saturated carbocycles. The van der Waals surface area contributed by atoms with Gasteiger partial charge in [0.2, 0.25) is 0 Å². The Balaban J connectivity index is 1.91. The van der Waals surface area contributed by atoms with E-state index in [1.165, 1.54) is 6.42 Å². The third-order valence-electron chi connectivity index (χ3n) is 4.81. The summed E-state index contributed by atoms with van der Waals surface area (Å²) in [5, 5.41) is 11.4. The third kappa shape index (κ3) is 2.45. The molecule has 1 aromatic carbocycles. The van der Waals surface area contributed by atoms with Gasteiger partial charge in [0, 0.05) is 0 Å². The van der Waals surface area contributed by atoms with Crippen molar-refractivity contribution in [3.63, 3.8) is 0 Å². The molecule has 4 nitrogen and oxygen atoms in total. The van der Waals surface area contributed by atoms with Crippen LogP contribution in [0.2, 0.25) is 4.82 Å². The normalized spacial score (nSPS) is 34.4. The van der Waals surface area contributed by atoms with Gasteiger partial charge >= 0.3 is 122 Å². The molecule has 0 radical (unpaired) electrons. The predicted octanol–water partition coefficient (Wildman–Crippen LogP) is 2.54. The van der Waals surface area contributed by atoms with Crippen molar-refractivity contribution in [1.82, 2.24) is 0 Å². The standard InChI is InChI=1S/C15H19NO3Se/c17-16(18)14-10-11-6-4-5-9-13(11)15(14)20(19)12-7-2-1-3-8-12/h1-3,7-8,11,13-15H,4-6,9-10H2/t11-,13+,14?,15?,20?/m1/s1. The van der Waals surface area contributed by atoms with Crippen LogP contribution < -0.4 is 4.46 Å². The van der Waals surface area contributed by atoms with Crippen LogP contribution in [0, 0.1) is 22.0 Å². The fourth-order valence-electron chi connectivity index (χ4n) is 3.91. The van der Waals surface area contributed by atoms with Gasteiger partial charge in [0.15, 0.2) is 0 Å². The van der Waals surface area contributed by atoms with Crippen LogP contribution in [0.4, 0.5) is 0 Å². The zero-order valence-electron chi connectivity index (χ0n) is 11.3. The van der Waals surface area contributed by atoms with E-state index in [1.54, 1.807) is 0 Å². The molecule has 0 amide bonds. The Morgan fingerprint density at radius 3 is 2.55 bits per heavy atom. The molecule has 0 heterocycles. The van der Waals surface area contributed by atoms with E-state index in [1.807, 2.05) is 30.3 Å². The van der Waals surface area contributed by atoms with Gasteiger partial charge in [-0.25, -0.2) is 0 Å². The molecule has 5 heteroatoms. The van der Waals surface area contributed by atoms with Gasteiger partial charge in [-0.1, -0.05) is 0 Å². The van der Waals surface area contributed by atoms with Crippen LogP contribution in [0.25, 0.3) is 0 Å². The summed E-state index contributed by atoms with van der Waals surface area (Å²) in [6.07, 6.45) is 5.05. The van der Waals surface area contributed by atoms with E-state index in [4.69, 9.17) is 0 Å². The summed E-state index contributed by atoms with van der Waals surface area (Å²) in [7, 11) is 0. The zero-order valence-corrected chi connectivity index (χ0v) is 13.0. The number of hydrogen-bond acceptors (Lipinski definition) is 3. The number of hydrogen-bond donors (Lipinski definition) is 0. The van der Waals surface area contributed by atoms with Gasteiger partial charge in [0.25, 0.3) is 0 Å². The van der Waals surface area contributed by atoms with Crippen LogP contribution in [0.3, 0.4) is 0 Å². The summed E-state index contributed by atoms with van der Waals surface area (Å²) < 4.78 is 13.7. The number of nitrogens with zero attached hydrogens (tertiary/aromatic N) is 1. The molecule has 2 aliphatic carbocycles. The molecule has 0 saturated heterocycles. The molecular weight excluding hydrogens is 321 g/mol. The van der Waals surface area contributed by atoms with Gasteiger partial charge in [-0.05, 0) is 0 Å². The Bertz CT molecular complexity index is 519. The van der Waals surface area contributed by atoms with Gasteiger partial charge < -0.3 is 0 Å². The Hall–Kier alpha value is -1.06. The summed E-state index contributed by atoms with van der Waals surface area (Å²) in [6.45, 7) is 0. The molecule has 0 aliphatic heterocycles. The molecule has 0 bridgehead atoms. The number of fused-ring (bicyclic) bond motifs is 1. The minimum atomic E-state index is -2.36. The maximum atomic E-state index is 12.9. The van der Waals surface area contributed by atoms with Crippen LogP contribution in [0.5, 0.6) is 0 Å². The van der Waals surface area contributed by atoms with Crippen LogP contribution in [0.1, 0.15) is 32.1 Å². The number of rotatable bonds is 3. The Labute approximate surface area is 122 Å². The van der Waals surface area contributed by atoms with E-state index >= 15 is 0 Å². The Morgan fingerprint density at radius 1 is 1.15 bits per heavy atom. The van der Waals surface area contributed by atoms with Crippen LogP contribution in [-0.2, 0) is 3.83 Å². The zero-order chi connectivity index (χ0) is 14.1. The Kier molecular flexibility index (Phi) is 3.99. The quantitative estimate of drug-likeness (QED) is 0.483. The van der Waals surface area contributed by atoms with Crippen LogP contribution in [0.15, 0.2) is 30.3 Å². The van der Waals surface area contributed by atoms with E-state index in [-0.39, 0.29) is 9.74 Å². The first-order chi connectivity index (χ1) is 9.68. The molecule has 2 fully saturated rings. The van der Waals surface area contributed by atoms with Gasteiger partial charge in [0.05, 0.1) is 0 Å². The Morgan fingerprint density at radius 2 is 1.85 bits per heavy atom. The second-order valence-corrected chi connectivity index (χ2v) is 9.25. The van der Waals surface area contributed by atoms with Crippen molar-refractivity contribution in [3.8, 4) is 0 Å². The van der Waals surface area contributed by atoms with Crippen molar-refractivity contribution < 1.29 is 8.76 Å². The van der Waals surface area contributed by atoms with Crippen molar-refractivity contribution >= 4 is 18.3 Å². The molecule has 5 atom stereocenters. The third-order valence-corrected chi connectivity index (χ3v) is 8.78. The first-order valence-electron chi connectivity index (χ1n) is 7.27. The number of benzene rings is 1. The van der Waals surface area contributed by atoms with Gasteiger partial charge in [-0.3, -0.25) is 0 Å². The molecule has 3 unspecified atom stereocenters. The van der Waals surface area contributed by atoms with Gasteiger partial charge in [-0.2, -0.15) is 0 Å². The fraction of sp³-hybridized carbons (Fsp3) is 0.600. The van der Waals surface area contributed by atoms with E-state index < -0.39 is 19.9 Å². The molecule has 1 aromatic rings. The molecule has 20 heavy (non-hydrogen) atoms. The first kappa shape index (κ1) is 13.9. The molecule has 2 aliphatic rings. The van der Waals surface area contributed by atoms with Gasteiger partial charge in [-0.15, -0.1) is 0 Å². The van der Waals surface area contributed by atoms with E-state index in [0.29, 0.717) is 18.3 Å². The van der Waals surface area contributed by atoms with Crippen molar-refractivity contribution in [2.24, 2.45) is 11.8 Å². The monoisotopic (exact) mass is 341 g/mol. The first-order valence-corrected chi connectivity index (χ1v) is 9.82. The summed E-state index contributed by atoms with van der Waals surface area (Å²) in [6, 6.07) is 8.78. The SMILES string of the molecule is O=[N+]([O-])C1C[C@H]2CCCC[C@@H]2C1[Se](=O)c1ccccc1. The summed E-state index contributed by atoms with van der Waals surface area (Å²) >= 11 is -2.36. The molecular formula is C15H19NO3Se. The summed E-state index contributed by atoms with van der Waals surface area (Å²) in [5.74, 6) is 0.731. The van der Waals surface area contributed by atoms with Gasteiger partial charge in [0.1, 0.15) is 0 Å². The minimum absolute atomic E-state index is 0.166. The molecule has 0 spiro atoms. The van der Waals surface area contributed by atoms with Crippen LogP contribution >= 0.6 is 0 Å².